The molecule has 1 aromatic rings. The fourth-order valence-corrected chi connectivity index (χ4v) is 3.31. The molecule has 0 bridgehead atoms. The Labute approximate surface area is 106 Å². The maximum Gasteiger partial charge on any atom is 0.0931 e. The van der Waals surface area contributed by atoms with E-state index in [2.05, 4.69) is 22.9 Å². The van der Waals surface area contributed by atoms with E-state index in [0.717, 1.165) is 36.9 Å². The van der Waals surface area contributed by atoms with Crippen molar-refractivity contribution in [2.45, 2.75) is 12.5 Å². The van der Waals surface area contributed by atoms with Crippen LogP contribution in [0.1, 0.15) is 17.3 Å². The highest BCUT2D eigenvalue weighted by Gasteiger charge is 2.22. The van der Waals surface area contributed by atoms with E-state index in [0.29, 0.717) is 6.04 Å². The van der Waals surface area contributed by atoms with Crippen molar-refractivity contribution in [3.8, 4) is 0 Å². The Morgan fingerprint density at radius 1 is 1.50 bits per heavy atom. The summed E-state index contributed by atoms with van der Waals surface area (Å²) in [4.78, 5) is 3.87. The number of piperazine rings is 1. The number of hydrogen-bond acceptors (Lipinski definition) is 3. The van der Waals surface area contributed by atoms with Crippen LogP contribution in [-0.4, -0.2) is 31.1 Å². The van der Waals surface area contributed by atoms with Gasteiger partial charge in [0, 0.05) is 37.1 Å². The molecule has 16 heavy (non-hydrogen) atoms. The Morgan fingerprint density at radius 2 is 2.25 bits per heavy atom. The summed E-state index contributed by atoms with van der Waals surface area (Å²) >= 11 is 7.69. The highest BCUT2D eigenvalue weighted by Crippen LogP contribution is 2.32. The zero-order chi connectivity index (χ0) is 11.4. The number of nitrogens with one attached hydrogen (secondary N) is 1. The van der Waals surface area contributed by atoms with E-state index in [4.69, 9.17) is 11.6 Å². The Bertz CT molecular complexity index is 345. The summed E-state index contributed by atoms with van der Waals surface area (Å²) in [5.41, 5.74) is 0. The molecule has 0 saturated carbocycles. The summed E-state index contributed by atoms with van der Waals surface area (Å²) in [6.07, 6.45) is 3.00. The molecule has 2 rings (SSSR count). The number of rotatable bonds is 4. The standard InChI is InChI=1S/C12H17ClN2S/c1-2-3-10(11-4-5-12(13)16-11)15-8-6-14-7-9-15/h2,4-5,10,14H,1,3,6-9H2/t10-/m0/s1. The topological polar surface area (TPSA) is 15.3 Å². The van der Waals surface area contributed by atoms with Gasteiger partial charge in [-0.3, -0.25) is 4.90 Å². The normalized spacial score (nSPS) is 19.6. The molecule has 2 heterocycles. The summed E-state index contributed by atoms with van der Waals surface area (Å²) in [5.74, 6) is 0. The van der Waals surface area contributed by atoms with Gasteiger partial charge >= 0.3 is 0 Å². The summed E-state index contributed by atoms with van der Waals surface area (Å²) < 4.78 is 0.874. The third-order valence-electron chi connectivity index (χ3n) is 2.90. The molecule has 0 amide bonds. The van der Waals surface area contributed by atoms with Crippen molar-refractivity contribution in [3.63, 3.8) is 0 Å². The second-order valence-corrected chi connectivity index (χ2v) is 5.71. The lowest BCUT2D eigenvalue weighted by Gasteiger charge is -2.33. The molecule has 0 aromatic carbocycles. The molecule has 1 aliphatic rings. The largest absolute Gasteiger partial charge is 0.314 e. The van der Waals surface area contributed by atoms with Crippen LogP contribution < -0.4 is 5.32 Å². The Morgan fingerprint density at radius 3 is 2.81 bits per heavy atom. The van der Waals surface area contributed by atoms with Crippen LogP contribution in [0.25, 0.3) is 0 Å². The van der Waals surface area contributed by atoms with E-state index in [9.17, 15) is 0 Å². The van der Waals surface area contributed by atoms with Crippen molar-refractivity contribution in [2.24, 2.45) is 0 Å². The van der Waals surface area contributed by atoms with E-state index >= 15 is 0 Å². The zero-order valence-electron chi connectivity index (χ0n) is 9.29. The van der Waals surface area contributed by atoms with E-state index in [1.165, 1.54) is 4.88 Å². The van der Waals surface area contributed by atoms with Gasteiger partial charge in [0.25, 0.3) is 0 Å². The van der Waals surface area contributed by atoms with Crippen LogP contribution in [-0.2, 0) is 0 Å². The van der Waals surface area contributed by atoms with Crippen molar-refractivity contribution in [3.05, 3.63) is 34.0 Å². The van der Waals surface area contributed by atoms with Gasteiger partial charge in [-0.05, 0) is 18.6 Å². The molecule has 1 fully saturated rings. The van der Waals surface area contributed by atoms with Crippen LogP contribution in [0, 0.1) is 0 Å². The Kier molecular flexibility index (Phi) is 4.41. The van der Waals surface area contributed by atoms with Gasteiger partial charge in [-0.15, -0.1) is 17.9 Å². The van der Waals surface area contributed by atoms with Gasteiger partial charge in [0.1, 0.15) is 0 Å². The maximum atomic E-state index is 6.01. The molecular weight excluding hydrogens is 240 g/mol. The molecule has 1 atom stereocenters. The molecule has 0 radical (unpaired) electrons. The highest BCUT2D eigenvalue weighted by atomic mass is 35.5. The third kappa shape index (κ3) is 2.86. The fourth-order valence-electron chi connectivity index (χ4n) is 2.10. The van der Waals surface area contributed by atoms with Gasteiger partial charge in [-0.1, -0.05) is 17.7 Å². The van der Waals surface area contributed by atoms with Gasteiger partial charge in [0.2, 0.25) is 0 Å². The zero-order valence-corrected chi connectivity index (χ0v) is 10.9. The lowest BCUT2D eigenvalue weighted by molar-refractivity contribution is 0.177. The van der Waals surface area contributed by atoms with Crippen LogP contribution in [0.3, 0.4) is 0 Å². The van der Waals surface area contributed by atoms with Gasteiger partial charge in [-0.25, -0.2) is 0 Å². The van der Waals surface area contributed by atoms with Crippen molar-refractivity contribution in [2.75, 3.05) is 26.2 Å². The first-order chi connectivity index (χ1) is 7.81. The number of thiophene rings is 1. The van der Waals surface area contributed by atoms with Crippen LogP contribution >= 0.6 is 22.9 Å². The van der Waals surface area contributed by atoms with Gasteiger partial charge < -0.3 is 5.32 Å². The van der Waals surface area contributed by atoms with E-state index in [-0.39, 0.29) is 0 Å². The van der Waals surface area contributed by atoms with Crippen LogP contribution in [0.15, 0.2) is 24.8 Å². The van der Waals surface area contributed by atoms with Gasteiger partial charge in [0.15, 0.2) is 0 Å². The molecule has 1 saturated heterocycles. The Balaban J connectivity index is 2.12. The highest BCUT2D eigenvalue weighted by molar-refractivity contribution is 7.16. The monoisotopic (exact) mass is 256 g/mol. The predicted octanol–water partition coefficient (Wildman–Crippen LogP) is 2.92. The summed E-state index contributed by atoms with van der Waals surface area (Å²) in [6.45, 7) is 8.22. The first-order valence-electron chi connectivity index (χ1n) is 5.62. The molecule has 2 nitrogen and oxygen atoms in total. The summed E-state index contributed by atoms with van der Waals surface area (Å²) in [5, 5.41) is 3.38. The molecule has 0 aliphatic carbocycles. The number of nitrogens with zero attached hydrogens (tertiary/aromatic N) is 1. The summed E-state index contributed by atoms with van der Waals surface area (Å²) in [7, 11) is 0. The van der Waals surface area contributed by atoms with E-state index in [1.807, 2.05) is 12.1 Å². The molecular formula is C12H17ClN2S. The Hall–Kier alpha value is -0.350. The lowest BCUT2D eigenvalue weighted by atomic mass is 10.1. The minimum atomic E-state index is 0.456. The smallest absolute Gasteiger partial charge is 0.0931 e. The lowest BCUT2D eigenvalue weighted by Crippen LogP contribution is -2.44. The minimum absolute atomic E-state index is 0.456. The average Bonchev–Trinajstić information content (AvgIpc) is 2.74. The fraction of sp³-hybridized carbons (Fsp3) is 0.500. The first-order valence-corrected chi connectivity index (χ1v) is 6.81. The van der Waals surface area contributed by atoms with Crippen molar-refractivity contribution in [1.29, 1.82) is 0 Å². The average molecular weight is 257 g/mol. The molecule has 1 aliphatic heterocycles. The molecule has 1 N–H and O–H groups in total. The second-order valence-electron chi connectivity index (χ2n) is 3.97. The van der Waals surface area contributed by atoms with Crippen LogP contribution in [0.2, 0.25) is 4.34 Å². The van der Waals surface area contributed by atoms with Crippen molar-refractivity contribution >= 4 is 22.9 Å². The molecule has 1 aromatic heterocycles. The van der Waals surface area contributed by atoms with Crippen molar-refractivity contribution < 1.29 is 0 Å². The van der Waals surface area contributed by atoms with Crippen LogP contribution in [0.4, 0.5) is 0 Å². The first kappa shape index (κ1) is 12.1. The maximum absolute atomic E-state index is 6.01. The van der Waals surface area contributed by atoms with E-state index < -0.39 is 0 Å². The molecule has 4 heteroatoms. The molecule has 88 valence electrons. The number of halogens is 1. The predicted molar refractivity (Wildman–Crippen MR) is 71.3 cm³/mol. The van der Waals surface area contributed by atoms with Gasteiger partial charge in [-0.2, -0.15) is 0 Å². The second kappa shape index (κ2) is 5.82. The molecule has 0 unspecified atom stereocenters. The summed E-state index contributed by atoms with van der Waals surface area (Å²) in [6, 6.07) is 4.58. The van der Waals surface area contributed by atoms with Crippen molar-refractivity contribution in [1.82, 2.24) is 10.2 Å². The van der Waals surface area contributed by atoms with Crippen LogP contribution in [0.5, 0.6) is 0 Å². The minimum Gasteiger partial charge on any atom is -0.314 e. The third-order valence-corrected chi connectivity index (χ3v) is 4.24. The number of hydrogen-bond donors (Lipinski definition) is 1. The SMILES string of the molecule is C=CC[C@@H](c1ccc(Cl)s1)N1CCNCC1. The quantitative estimate of drug-likeness (QED) is 0.834. The molecule has 0 spiro atoms. The van der Waals surface area contributed by atoms with Gasteiger partial charge in [0.05, 0.1) is 4.34 Å². The van der Waals surface area contributed by atoms with E-state index in [1.54, 1.807) is 11.3 Å².